The molecule has 1 N–H and O–H groups in total. The van der Waals surface area contributed by atoms with Crippen molar-refractivity contribution in [2.24, 2.45) is 5.92 Å². The average molecular weight is 286 g/mol. The fourth-order valence-electron chi connectivity index (χ4n) is 2.56. The molecule has 1 unspecified atom stereocenters. The van der Waals surface area contributed by atoms with Crippen LogP contribution in [0.15, 0.2) is 42.5 Å². The molecular formula is C19H23FO. The van der Waals surface area contributed by atoms with Gasteiger partial charge in [-0.15, -0.1) is 0 Å². The van der Waals surface area contributed by atoms with Crippen molar-refractivity contribution < 1.29 is 9.50 Å². The highest BCUT2D eigenvalue weighted by Crippen LogP contribution is 2.22. The van der Waals surface area contributed by atoms with E-state index < -0.39 is 6.10 Å². The van der Waals surface area contributed by atoms with Crippen molar-refractivity contribution in [2.45, 2.75) is 39.7 Å². The zero-order chi connectivity index (χ0) is 15.4. The van der Waals surface area contributed by atoms with E-state index in [-0.39, 0.29) is 5.82 Å². The molecule has 0 saturated heterocycles. The summed E-state index contributed by atoms with van der Waals surface area (Å²) < 4.78 is 13.1. The summed E-state index contributed by atoms with van der Waals surface area (Å²) >= 11 is 0. The van der Waals surface area contributed by atoms with Crippen LogP contribution in [0, 0.1) is 18.7 Å². The van der Waals surface area contributed by atoms with Crippen molar-refractivity contribution in [3.63, 3.8) is 0 Å². The minimum absolute atomic E-state index is 0.233. The summed E-state index contributed by atoms with van der Waals surface area (Å²) in [5, 5.41) is 10.3. The van der Waals surface area contributed by atoms with Gasteiger partial charge in [-0.1, -0.05) is 44.2 Å². The van der Waals surface area contributed by atoms with E-state index >= 15 is 0 Å². The Morgan fingerprint density at radius 2 is 1.67 bits per heavy atom. The molecule has 0 aromatic heterocycles. The predicted molar refractivity (Wildman–Crippen MR) is 84.8 cm³/mol. The SMILES string of the molecule is Cc1cc(F)ccc1CC(O)c1ccc(CC(C)C)cc1. The first kappa shape index (κ1) is 15.7. The van der Waals surface area contributed by atoms with Gasteiger partial charge in [0.15, 0.2) is 0 Å². The summed E-state index contributed by atoms with van der Waals surface area (Å²) in [6.07, 6.45) is 1.01. The molecule has 2 aromatic carbocycles. The standard InChI is InChI=1S/C19H23FO/c1-13(2)10-15-4-6-16(7-5-15)19(21)12-17-8-9-18(20)11-14(17)3/h4-9,11,13,19,21H,10,12H2,1-3H3. The van der Waals surface area contributed by atoms with E-state index in [9.17, 15) is 9.50 Å². The van der Waals surface area contributed by atoms with Gasteiger partial charge >= 0.3 is 0 Å². The molecule has 1 atom stereocenters. The summed E-state index contributed by atoms with van der Waals surface area (Å²) in [5.41, 5.74) is 4.06. The molecule has 0 spiro atoms. The van der Waals surface area contributed by atoms with Crippen molar-refractivity contribution in [3.05, 3.63) is 70.5 Å². The summed E-state index contributed by atoms with van der Waals surface area (Å²) in [5.74, 6) is 0.395. The lowest BCUT2D eigenvalue weighted by atomic mass is 9.96. The van der Waals surface area contributed by atoms with Gasteiger partial charge in [0.1, 0.15) is 5.82 Å². The van der Waals surface area contributed by atoms with E-state index in [1.165, 1.54) is 17.7 Å². The molecule has 2 heteroatoms. The molecule has 0 aliphatic rings. The van der Waals surface area contributed by atoms with E-state index in [1.807, 2.05) is 19.1 Å². The largest absolute Gasteiger partial charge is 0.388 e. The number of benzene rings is 2. The van der Waals surface area contributed by atoms with Crippen LogP contribution in [0.25, 0.3) is 0 Å². The Morgan fingerprint density at radius 3 is 2.24 bits per heavy atom. The van der Waals surface area contributed by atoms with Crippen molar-refractivity contribution in [2.75, 3.05) is 0 Å². The molecule has 0 radical (unpaired) electrons. The molecule has 0 heterocycles. The van der Waals surface area contributed by atoms with Crippen LogP contribution in [0.4, 0.5) is 4.39 Å². The van der Waals surface area contributed by atoms with Gasteiger partial charge in [-0.05, 0) is 53.6 Å². The maximum Gasteiger partial charge on any atom is 0.123 e. The molecule has 2 aromatic rings. The van der Waals surface area contributed by atoms with Gasteiger partial charge in [-0.25, -0.2) is 4.39 Å². The van der Waals surface area contributed by atoms with Gasteiger partial charge in [0.2, 0.25) is 0 Å². The van der Waals surface area contributed by atoms with E-state index in [1.54, 1.807) is 6.07 Å². The smallest absolute Gasteiger partial charge is 0.123 e. The van der Waals surface area contributed by atoms with Crippen LogP contribution < -0.4 is 0 Å². The number of rotatable bonds is 5. The van der Waals surface area contributed by atoms with E-state index in [4.69, 9.17) is 0 Å². The quantitative estimate of drug-likeness (QED) is 0.851. The Hall–Kier alpha value is -1.67. The summed E-state index contributed by atoms with van der Waals surface area (Å²) in [6.45, 7) is 6.26. The Labute approximate surface area is 126 Å². The third-order valence-corrected chi connectivity index (χ3v) is 3.73. The first-order valence-electron chi connectivity index (χ1n) is 7.47. The van der Waals surface area contributed by atoms with Crippen LogP contribution in [0.2, 0.25) is 0 Å². The van der Waals surface area contributed by atoms with Crippen LogP contribution in [-0.4, -0.2) is 5.11 Å². The van der Waals surface area contributed by atoms with Crippen LogP contribution in [-0.2, 0) is 12.8 Å². The topological polar surface area (TPSA) is 20.2 Å². The molecular weight excluding hydrogens is 263 g/mol. The van der Waals surface area contributed by atoms with Crippen LogP contribution >= 0.6 is 0 Å². The highest BCUT2D eigenvalue weighted by atomic mass is 19.1. The zero-order valence-corrected chi connectivity index (χ0v) is 12.9. The fourth-order valence-corrected chi connectivity index (χ4v) is 2.56. The minimum atomic E-state index is -0.553. The van der Waals surface area contributed by atoms with Crippen LogP contribution in [0.5, 0.6) is 0 Å². The fraction of sp³-hybridized carbons (Fsp3) is 0.368. The number of aryl methyl sites for hydroxylation is 1. The van der Waals surface area contributed by atoms with Gasteiger partial charge in [0, 0.05) is 6.42 Å². The molecule has 0 bridgehead atoms. The first-order valence-corrected chi connectivity index (χ1v) is 7.47. The number of hydrogen-bond acceptors (Lipinski definition) is 1. The molecule has 0 fully saturated rings. The van der Waals surface area contributed by atoms with Gasteiger partial charge in [0.05, 0.1) is 6.10 Å². The number of hydrogen-bond donors (Lipinski definition) is 1. The number of halogens is 1. The Bertz CT molecular complexity index is 587. The van der Waals surface area contributed by atoms with Gasteiger partial charge in [0.25, 0.3) is 0 Å². The minimum Gasteiger partial charge on any atom is -0.388 e. The van der Waals surface area contributed by atoms with Crippen molar-refractivity contribution in [1.29, 1.82) is 0 Å². The molecule has 1 nitrogen and oxygen atoms in total. The lowest BCUT2D eigenvalue weighted by Crippen LogP contribution is -2.04. The second-order valence-electron chi connectivity index (χ2n) is 6.13. The van der Waals surface area contributed by atoms with E-state index in [2.05, 4.69) is 26.0 Å². The third-order valence-electron chi connectivity index (χ3n) is 3.73. The lowest BCUT2D eigenvalue weighted by Gasteiger charge is -2.14. The van der Waals surface area contributed by atoms with Gasteiger partial charge in [-0.3, -0.25) is 0 Å². The molecule has 0 amide bonds. The maximum absolute atomic E-state index is 13.1. The number of aliphatic hydroxyl groups excluding tert-OH is 1. The normalized spacial score (nSPS) is 12.7. The Morgan fingerprint density at radius 1 is 1.00 bits per heavy atom. The average Bonchev–Trinajstić information content (AvgIpc) is 2.42. The molecule has 112 valence electrons. The second-order valence-corrected chi connectivity index (χ2v) is 6.13. The molecule has 2 rings (SSSR count). The third kappa shape index (κ3) is 4.40. The molecule has 21 heavy (non-hydrogen) atoms. The summed E-state index contributed by atoms with van der Waals surface area (Å²) in [7, 11) is 0. The molecule has 0 aliphatic carbocycles. The van der Waals surface area contributed by atoms with Crippen molar-refractivity contribution >= 4 is 0 Å². The molecule has 0 saturated carbocycles. The van der Waals surface area contributed by atoms with Crippen molar-refractivity contribution in [1.82, 2.24) is 0 Å². The lowest BCUT2D eigenvalue weighted by molar-refractivity contribution is 0.178. The predicted octanol–water partition coefficient (Wildman–Crippen LogP) is 4.61. The van der Waals surface area contributed by atoms with Crippen molar-refractivity contribution in [3.8, 4) is 0 Å². The van der Waals surface area contributed by atoms with E-state index in [0.29, 0.717) is 12.3 Å². The number of aliphatic hydroxyl groups is 1. The maximum atomic E-state index is 13.1. The summed E-state index contributed by atoms with van der Waals surface area (Å²) in [4.78, 5) is 0. The highest BCUT2D eigenvalue weighted by Gasteiger charge is 2.11. The highest BCUT2D eigenvalue weighted by molar-refractivity contribution is 5.30. The molecule has 0 aliphatic heterocycles. The van der Waals surface area contributed by atoms with E-state index in [0.717, 1.165) is 23.1 Å². The van der Waals surface area contributed by atoms with Crippen LogP contribution in [0.1, 0.15) is 42.2 Å². The monoisotopic (exact) mass is 286 g/mol. The second kappa shape index (κ2) is 6.86. The van der Waals surface area contributed by atoms with Gasteiger partial charge in [-0.2, -0.15) is 0 Å². The Kier molecular flexibility index (Phi) is 5.13. The van der Waals surface area contributed by atoms with Gasteiger partial charge < -0.3 is 5.11 Å². The zero-order valence-electron chi connectivity index (χ0n) is 12.9. The first-order chi connectivity index (χ1) is 9.95. The summed E-state index contributed by atoms with van der Waals surface area (Å²) in [6, 6.07) is 12.8. The Balaban J connectivity index is 2.07. The van der Waals surface area contributed by atoms with Crippen LogP contribution in [0.3, 0.4) is 0 Å².